The lowest BCUT2D eigenvalue weighted by atomic mass is 10.1. The number of hydrogen-bond acceptors (Lipinski definition) is 10. The van der Waals surface area contributed by atoms with Crippen LogP contribution in [0, 0.1) is 11.3 Å². The third-order valence-electron chi connectivity index (χ3n) is 6.86. The Labute approximate surface area is 210 Å². The second kappa shape index (κ2) is 11.3. The molecule has 0 unspecified atom stereocenters. The number of piperazine rings is 1. The van der Waals surface area contributed by atoms with Crippen LogP contribution in [0.2, 0.25) is 0 Å². The first-order valence-corrected chi connectivity index (χ1v) is 12.1. The highest BCUT2D eigenvalue weighted by Crippen LogP contribution is 2.29. The molecule has 3 N–H and O–H groups in total. The number of nitrogens with zero attached hydrogens (tertiary/aromatic N) is 6. The van der Waals surface area contributed by atoms with Gasteiger partial charge in [-0.3, -0.25) is 9.69 Å². The molecule has 3 heterocycles. The maximum Gasteiger partial charge on any atom is 0.357 e. The molecule has 2 aliphatic heterocycles. The van der Waals surface area contributed by atoms with Gasteiger partial charge in [-0.05, 0) is 26.4 Å². The number of nitrogen functional groups attached to an aromatic ring is 1. The molecule has 2 fully saturated rings. The van der Waals surface area contributed by atoms with E-state index in [1.165, 1.54) is 0 Å². The van der Waals surface area contributed by atoms with E-state index in [2.05, 4.69) is 20.9 Å². The van der Waals surface area contributed by atoms with E-state index in [9.17, 15) is 20.0 Å². The number of ketones is 1. The van der Waals surface area contributed by atoms with Gasteiger partial charge in [0.25, 0.3) is 0 Å². The molecule has 190 valence electrons. The summed E-state index contributed by atoms with van der Waals surface area (Å²) < 4.78 is 5.82. The average molecular weight is 494 g/mol. The molecule has 0 saturated carbocycles. The molecule has 36 heavy (non-hydrogen) atoms. The first-order chi connectivity index (χ1) is 17.4. The molecule has 2 aromatic rings. The van der Waals surface area contributed by atoms with Crippen molar-refractivity contribution in [3.63, 3.8) is 0 Å². The maximum absolute atomic E-state index is 12.8. The fraction of sp³-hybridized carbons (Fsp3) is 0.480. The number of aromatic nitrogens is 2. The smallest absolute Gasteiger partial charge is 0.357 e. The zero-order valence-corrected chi connectivity index (χ0v) is 20.3. The summed E-state index contributed by atoms with van der Waals surface area (Å²) in [6.45, 7) is 2.83. The van der Waals surface area contributed by atoms with Crippen LogP contribution in [0.1, 0.15) is 40.1 Å². The van der Waals surface area contributed by atoms with Gasteiger partial charge in [0, 0.05) is 37.3 Å². The summed E-state index contributed by atoms with van der Waals surface area (Å²) in [4.78, 5) is 39.2. The molecule has 2 atom stereocenters. The highest BCUT2D eigenvalue weighted by atomic mass is 16.5. The lowest BCUT2D eigenvalue weighted by Gasteiger charge is -2.41. The topological polar surface area (TPSA) is 149 Å². The van der Waals surface area contributed by atoms with E-state index in [0.717, 1.165) is 19.4 Å². The largest absolute Gasteiger partial charge is 0.476 e. The molecule has 1 aromatic heterocycles. The number of benzene rings is 1. The zero-order chi connectivity index (χ0) is 25.7. The first-order valence-electron chi connectivity index (χ1n) is 12.1. The number of ether oxygens (including phenoxy) is 1. The summed E-state index contributed by atoms with van der Waals surface area (Å²) in [5.74, 6) is -1.01. The van der Waals surface area contributed by atoms with E-state index in [-0.39, 0.29) is 54.0 Å². The van der Waals surface area contributed by atoms with Crippen molar-refractivity contribution in [2.75, 3.05) is 57.0 Å². The molecule has 0 amide bonds. The summed E-state index contributed by atoms with van der Waals surface area (Å²) in [5.41, 5.74) is 6.46. The SMILES string of the molecule is CN1CCC[C@H]1COc1nc(C(=O)O)c(N)c(N2CCN(CC(=O)c3ccccc3)[C@@H](CC#N)C2)n1. The number of likely N-dealkylation sites (N-methyl/N-ethyl adjacent to an activating group) is 1. The molecule has 11 heteroatoms. The summed E-state index contributed by atoms with van der Waals surface area (Å²) in [6, 6.07) is 11.2. The average Bonchev–Trinajstić information content (AvgIpc) is 3.29. The molecule has 11 nitrogen and oxygen atoms in total. The summed E-state index contributed by atoms with van der Waals surface area (Å²) >= 11 is 0. The Balaban J connectivity index is 1.52. The molecule has 1 aromatic carbocycles. The van der Waals surface area contributed by atoms with E-state index in [4.69, 9.17) is 10.5 Å². The van der Waals surface area contributed by atoms with Gasteiger partial charge in [0.15, 0.2) is 17.3 Å². The van der Waals surface area contributed by atoms with Crippen molar-refractivity contribution in [1.29, 1.82) is 5.26 Å². The first kappa shape index (κ1) is 25.3. The number of carbonyl (C=O) groups excluding carboxylic acids is 1. The summed E-state index contributed by atoms with van der Waals surface area (Å²) in [7, 11) is 2.02. The van der Waals surface area contributed by atoms with Crippen LogP contribution in [-0.4, -0.2) is 95.1 Å². The summed E-state index contributed by atoms with van der Waals surface area (Å²) in [5, 5.41) is 19.1. The number of hydrogen-bond donors (Lipinski definition) is 2. The second-order valence-electron chi connectivity index (χ2n) is 9.21. The standard InChI is InChI=1S/C25H31N7O4/c1-30-11-5-8-19(30)16-36-25-28-22(24(34)35)21(27)23(29-25)32-13-12-31(18(14-32)9-10-26)15-20(33)17-6-3-2-4-7-17/h2-4,6-7,18-19H,5,8-9,11-16,27H2,1H3,(H,34,35)/t18-,19-/m0/s1. The van der Waals surface area contributed by atoms with Gasteiger partial charge < -0.3 is 25.4 Å². The Hall–Kier alpha value is -3.75. The minimum absolute atomic E-state index is 0.0192. The fourth-order valence-electron chi connectivity index (χ4n) is 4.76. The quantitative estimate of drug-likeness (QED) is 0.490. The Morgan fingerprint density at radius 1 is 1.19 bits per heavy atom. The fourth-order valence-corrected chi connectivity index (χ4v) is 4.76. The number of nitriles is 1. The number of carbonyl (C=O) groups is 2. The van der Waals surface area contributed by atoms with Crippen LogP contribution in [0.4, 0.5) is 11.5 Å². The molecule has 2 saturated heterocycles. The van der Waals surface area contributed by atoms with E-state index in [0.29, 0.717) is 31.8 Å². The molecular weight excluding hydrogens is 462 g/mol. The van der Waals surface area contributed by atoms with Gasteiger partial charge in [-0.15, -0.1) is 0 Å². The molecule has 0 spiro atoms. The predicted octanol–water partition coefficient (Wildman–Crippen LogP) is 1.52. The van der Waals surface area contributed by atoms with Gasteiger partial charge in [-0.2, -0.15) is 15.2 Å². The van der Waals surface area contributed by atoms with E-state index >= 15 is 0 Å². The molecule has 2 aliphatic rings. The minimum atomic E-state index is -1.26. The number of likely N-dealkylation sites (tertiary alicyclic amines) is 1. The normalized spacial score (nSPS) is 20.7. The number of anilines is 2. The van der Waals surface area contributed by atoms with Crippen molar-refractivity contribution >= 4 is 23.3 Å². The number of rotatable bonds is 9. The zero-order valence-electron chi connectivity index (χ0n) is 20.3. The molecule has 0 bridgehead atoms. The van der Waals surface area contributed by atoms with Crippen LogP contribution in [0.3, 0.4) is 0 Å². The number of carboxylic acid groups (broad SMARTS) is 1. The van der Waals surface area contributed by atoms with Crippen LogP contribution >= 0.6 is 0 Å². The number of nitrogens with two attached hydrogens (primary N) is 1. The van der Waals surface area contributed by atoms with Crippen molar-refractivity contribution in [3.8, 4) is 12.1 Å². The van der Waals surface area contributed by atoms with Crippen molar-refractivity contribution in [3.05, 3.63) is 41.6 Å². The van der Waals surface area contributed by atoms with Gasteiger partial charge in [0.2, 0.25) is 0 Å². The van der Waals surface area contributed by atoms with Crippen LogP contribution in [0.25, 0.3) is 0 Å². The third-order valence-corrected chi connectivity index (χ3v) is 6.86. The van der Waals surface area contributed by atoms with Gasteiger partial charge in [0.1, 0.15) is 12.3 Å². The summed E-state index contributed by atoms with van der Waals surface area (Å²) in [6.07, 6.45) is 2.27. The van der Waals surface area contributed by atoms with Crippen molar-refractivity contribution in [2.24, 2.45) is 0 Å². The lowest BCUT2D eigenvalue weighted by molar-refractivity contribution is 0.0689. The highest BCUT2D eigenvalue weighted by molar-refractivity contribution is 5.97. The van der Waals surface area contributed by atoms with E-state index in [1.54, 1.807) is 12.1 Å². The minimum Gasteiger partial charge on any atom is -0.476 e. The number of Topliss-reactive ketones (excluding diaryl/α,β-unsaturated/α-hetero) is 1. The van der Waals surface area contributed by atoms with Gasteiger partial charge in [-0.1, -0.05) is 30.3 Å². The Morgan fingerprint density at radius 2 is 1.97 bits per heavy atom. The van der Waals surface area contributed by atoms with E-state index in [1.807, 2.05) is 35.0 Å². The van der Waals surface area contributed by atoms with Gasteiger partial charge in [-0.25, -0.2) is 4.79 Å². The van der Waals surface area contributed by atoms with Crippen LogP contribution in [0.5, 0.6) is 6.01 Å². The van der Waals surface area contributed by atoms with Gasteiger partial charge in [0.05, 0.1) is 19.0 Å². The number of aromatic carboxylic acids is 1. The predicted molar refractivity (Wildman–Crippen MR) is 133 cm³/mol. The van der Waals surface area contributed by atoms with Gasteiger partial charge >= 0.3 is 12.0 Å². The van der Waals surface area contributed by atoms with Crippen LogP contribution in [0.15, 0.2) is 30.3 Å². The molecular formula is C25H31N7O4. The Bertz CT molecular complexity index is 1140. The number of carboxylic acids is 1. The van der Waals surface area contributed by atoms with Crippen molar-refractivity contribution in [2.45, 2.75) is 31.3 Å². The molecule has 0 aliphatic carbocycles. The van der Waals surface area contributed by atoms with Crippen molar-refractivity contribution in [1.82, 2.24) is 19.8 Å². The van der Waals surface area contributed by atoms with Crippen molar-refractivity contribution < 1.29 is 19.4 Å². The lowest BCUT2D eigenvalue weighted by Crippen LogP contribution is -2.54. The monoisotopic (exact) mass is 493 g/mol. The second-order valence-corrected chi connectivity index (χ2v) is 9.21. The maximum atomic E-state index is 12.8. The third kappa shape index (κ3) is 5.72. The highest BCUT2D eigenvalue weighted by Gasteiger charge is 2.32. The molecule has 4 rings (SSSR count). The molecule has 0 radical (unpaired) electrons. The van der Waals surface area contributed by atoms with Crippen LogP contribution in [-0.2, 0) is 0 Å². The Kier molecular flexibility index (Phi) is 7.97. The van der Waals surface area contributed by atoms with E-state index < -0.39 is 5.97 Å². The van der Waals surface area contributed by atoms with Crippen LogP contribution < -0.4 is 15.4 Å². The Morgan fingerprint density at radius 3 is 2.64 bits per heavy atom.